The Balaban J connectivity index is 2.40. The summed E-state index contributed by atoms with van der Waals surface area (Å²) in [6, 6.07) is 5.81. The molecule has 1 saturated carbocycles. The van der Waals surface area contributed by atoms with Crippen molar-refractivity contribution in [3.63, 3.8) is 0 Å². The molecule has 1 aliphatic rings. The van der Waals surface area contributed by atoms with Crippen LogP contribution in [0, 0.1) is 16.0 Å². The van der Waals surface area contributed by atoms with E-state index in [0.29, 0.717) is 17.8 Å². The normalized spacial score (nSPS) is 15.6. The van der Waals surface area contributed by atoms with E-state index in [1.807, 2.05) is 12.1 Å². The van der Waals surface area contributed by atoms with Gasteiger partial charge in [-0.2, -0.15) is 0 Å². The number of hydrogen-bond acceptors (Lipinski definition) is 3. The topological polar surface area (TPSA) is 46.4 Å². The highest BCUT2D eigenvalue weighted by Gasteiger charge is 2.28. The van der Waals surface area contributed by atoms with E-state index in [4.69, 9.17) is 11.6 Å². The number of nitro groups is 1. The number of nitro benzene ring substituents is 1. The Bertz CT molecular complexity index is 499. The maximum Gasteiger partial charge on any atom is 0.292 e. The first-order chi connectivity index (χ1) is 10.0. The van der Waals surface area contributed by atoms with Gasteiger partial charge in [0.15, 0.2) is 0 Å². The molecule has 21 heavy (non-hydrogen) atoms. The second-order valence-electron chi connectivity index (χ2n) is 6.20. The zero-order valence-electron chi connectivity index (χ0n) is 12.7. The summed E-state index contributed by atoms with van der Waals surface area (Å²) in [6.07, 6.45) is 4.68. The minimum Gasteiger partial charge on any atom is -0.363 e. The van der Waals surface area contributed by atoms with Crippen molar-refractivity contribution in [1.29, 1.82) is 0 Å². The Labute approximate surface area is 131 Å². The number of rotatable bonds is 6. The summed E-state index contributed by atoms with van der Waals surface area (Å²) in [6.45, 7) is 5.16. The van der Waals surface area contributed by atoms with Crippen LogP contribution in [0.15, 0.2) is 18.2 Å². The van der Waals surface area contributed by atoms with Gasteiger partial charge in [0.1, 0.15) is 5.69 Å². The summed E-state index contributed by atoms with van der Waals surface area (Å²) >= 11 is 5.81. The van der Waals surface area contributed by atoms with Gasteiger partial charge in [0, 0.05) is 24.5 Å². The molecule has 116 valence electrons. The number of nitrogens with zero attached hydrogens (tertiary/aromatic N) is 2. The Morgan fingerprint density at radius 3 is 2.57 bits per heavy atom. The van der Waals surface area contributed by atoms with Crippen molar-refractivity contribution in [2.45, 2.75) is 51.5 Å². The van der Waals surface area contributed by atoms with E-state index >= 15 is 0 Å². The minimum absolute atomic E-state index is 0.181. The molecule has 0 radical (unpaired) electrons. The summed E-state index contributed by atoms with van der Waals surface area (Å²) in [7, 11) is 0. The van der Waals surface area contributed by atoms with Gasteiger partial charge in [-0.15, -0.1) is 11.6 Å². The molecule has 1 aromatic rings. The smallest absolute Gasteiger partial charge is 0.292 e. The Morgan fingerprint density at radius 1 is 1.38 bits per heavy atom. The van der Waals surface area contributed by atoms with Crippen LogP contribution in [-0.4, -0.2) is 17.5 Å². The molecule has 1 fully saturated rings. The molecule has 1 aliphatic carbocycles. The molecule has 0 bridgehead atoms. The van der Waals surface area contributed by atoms with Gasteiger partial charge in [0.25, 0.3) is 5.69 Å². The summed E-state index contributed by atoms with van der Waals surface area (Å²) in [5.74, 6) is 0.771. The van der Waals surface area contributed by atoms with Crippen LogP contribution >= 0.6 is 11.6 Å². The monoisotopic (exact) mass is 310 g/mol. The van der Waals surface area contributed by atoms with Gasteiger partial charge in [-0.05, 0) is 30.4 Å². The fourth-order valence-corrected chi connectivity index (χ4v) is 3.26. The van der Waals surface area contributed by atoms with Crippen LogP contribution in [0.5, 0.6) is 0 Å². The summed E-state index contributed by atoms with van der Waals surface area (Å²) < 4.78 is 0. The number of anilines is 1. The van der Waals surface area contributed by atoms with Crippen LogP contribution in [0.4, 0.5) is 11.4 Å². The van der Waals surface area contributed by atoms with Crippen molar-refractivity contribution in [3.8, 4) is 0 Å². The summed E-state index contributed by atoms with van der Waals surface area (Å²) in [5, 5.41) is 11.4. The lowest BCUT2D eigenvalue weighted by atomic mass is 10.1. The van der Waals surface area contributed by atoms with Gasteiger partial charge in [0.2, 0.25) is 0 Å². The number of alkyl halides is 1. The molecule has 2 rings (SSSR count). The third-order valence-electron chi connectivity index (χ3n) is 4.03. The van der Waals surface area contributed by atoms with Crippen molar-refractivity contribution >= 4 is 23.0 Å². The molecular formula is C16H23ClN2O2. The maximum absolute atomic E-state index is 11.4. The van der Waals surface area contributed by atoms with Gasteiger partial charge >= 0.3 is 0 Å². The van der Waals surface area contributed by atoms with Crippen molar-refractivity contribution in [3.05, 3.63) is 33.9 Å². The standard InChI is InChI=1S/C16H23ClN2O2/c1-12(2)11-18(14-5-3-4-6-14)15-8-7-13(10-17)9-16(15)19(20)21/h7-9,12,14H,3-6,10-11H2,1-2H3. The predicted octanol–water partition coefficient (Wildman–Crippen LogP) is 4.74. The highest BCUT2D eigenvalue weighted by molar-refractivity contribution is 6.17. The molecule has 5 heteroatoms. The van der Waals surface area contributed by atoms with E-state index in [9.17, 15) is 10.1 Å². The molecule has 1 aromatic carbocycles. The quantitative estimate of drug-likeness (QED) is 0.433. The van der Waals surface area contributed by atoms with Crippen LogP contribution in [-0.2, 0) is 5.88 Å². The lowest BCUT2D eigenvalue weighted by molar-refractivity contribution is -0.384. The summed E-state index contributed by atoms with van der Waals surface area (Å²) in [5.41, 5.74) is 1.72. The molecule has 4 nitrogen and oxygen atoms in total. The Kier molecular flexibility index (Phi) is 5.45. The second-order valence-corrected chi connectivity index (χ2v) is 6.47. The molecule has 0 heterocycles. The zero-order chi connectivity index (χ0) is 15.4. The highest BCUT2D eigenvalue weighted by atomic mass is 35.5. The van der Waals surface area contributed by atoms with E-state index < -0.39 is 0 Å². The Morgan fingerprint density at radius 2 is 2.05 bits per heavy atom. The number of halogens is 1. The van der Waals surface area contributed by atoms with Crippen LogP contribution in [0.25, 0.3) is 0 Å². The van der Waals surface area contributed by atoms with Crippen molar-refractivity contribution < 1.29 is 4.92 Å². The molecule has 0 spiro atoms. The Hall–Kier alpha value is -1.29. The van der Waals surface area contributed by atoms with Crippen molar-refractivity contribution in [2.24, 2.45) is 5.92 Å². The molecular weight excluding hydrogens is 288 g/mol. The van der Waals surface area contributed by atoms with E-state index in [1.54, 1.807) is 6.07 Å². The van der Waals surface area contributed by atoms with E-state index in [0.717, 1.165) is 30.6 Å². The molecule has 0 aliphatic heterocycles. The lowest BCUT2D eigenvalue weighted by Gasteiger charge is -2.32. The van der Waals surface area contributed by atoms with Gasteiger partial charge in [-0.1, -0.05) is 32.8 Å². The second kappa shape index (κ2) is 7.12. The average molecular weight is 311 g/mol. The number of hydrogen-bond donors (Lipinski definition) is 0. The molecule has 0 aromatic heterocycles. The van der Waals surface area contributed by atoms with Crippen LogP contribution in [0.2, 0.25) is 0 Å². The fraction of sp³-hybridized carbons (Fsp3) is 0.625. The van der Waals surface area contributed by atoms with E-state index in [-0.39, 0.29) is 10.6 Å². The van der Waals surface area contributed by atoms with Gasteiger partial charge in [-0.3, -0.25) is 10.1 Å². The first-order valence-electron chi connectivity index (χ1n) is 7.63. The van der Waals surface area contributed by atoms with Crippen molar-refractivity contribution in [2.75, 3.05) is 11.4 Å². The molecule has 0 N–H and O–H groups in total. The van der Waals surface area contributed by atoms with Crippen LogP contribution in [0.1, 0.15) is 45.1 Å². The minimum atomic E-state index is -0.284. The summed E-state index contributed by atoms with van der Waals surface area (Å²) in [4.78, 5) is 13.4. The molecule has 0 unspecified atom stereocenters. The first kappa shape index (κ1) is 16.1. The molecule has 0 atom stereocenters. The lowest BCUT2D eigenvalue weighted by Crippen LogP contribution is -2.36. The molecule has 0 saturated heterocycles. The van der Waals surface area contributed by atoms with E-state index in [1.165, 1.54) is 12.8 Å². The van der Waals surface area contributed by atoms with Gasteiger partial charge in [-0.25, -0.2) is 0 Å². The maximum atomic E-state index is 11.4. The van der Waals surface area contributed by atoms with Crippen LogP contribution in [0.3, 0.4) is 0 Å². The third kappa shape index (κ3) is 3.88. The fourth-order valence-electron chi connectivity index (χ4n) is 3.09. The highest BCUT2D eigenvalue weighted by Crippen LogP contribution is 2.35. The molecule has 0 amide bonds. The van der Waals surface area contributed by atoms with Gasteiger partial charge < -0.3 is 4.90 Å². The zero-order valence-corrected chi connectivity index (χ0v) is 13.5. The predicted molar refractivity (Wildman–Crippen MR) is 87.1 cm³/mol. The first-order valence-corrected chi connectivity index (χ1v) is 8.16. The van der Waals surface area contributed by atoms with Crippen molar-refractivity contribution in [1.82, 2.24) is 0 Å². The van der Waals surface area contributed by atoms with Gasteiger partial charge in [0.05, 0.1) is 4.92 Å². The third-order valence-corrected chi connectivity index (χ3v) is 4.34. The van der Waals surface area contributed by atoms with Crippen LogP contribution < -0.4 is 4.90 Å². The SMILES string of the molecule is CC(C)CN(c1ccc(CCl)cc1[N+](=O)[O-])C1CCCC1. The largest absolute Gasteiger partial charge is 0.363 e. The van der Waals surface area contributed by atoms with E-state index in [2.05, 4.69) is 18.7 Å². The number of benzene rings is 1. The average Bonchev–Trinajstić information content (AvgIpc) is 2.98.